The van der Waals surface area contributed by atoms with E-state index < -0.39 is 12.1 Å². The van der Waals surface area contributed by atoms with E-state index in [9.17, 15) is 19.8 Å². The Kier molecular flexibility index (Phi) is 58.4. The molecule has 0 saturated carbocycles. The van der Waals surface area contributed by atoms with Crippen LogP contribution in [0.15, 0.2) is 0 Å². The van der Waals surface area contributed by atoms with Gasteiger partial charge in [0.2, 0.25) is 5.91 Å². The van der Waals surface area contributed by atoms with E-state index in [0.29, 0.717) is 25.9 Å². The summed E-state index contributed by atoms with van der Waals surface area (Å²) in [6.07, 6.45) is 70.0. The number of ether oxygens (including phenoxy) is 1. The van der Waals surface area contributed by atoms with Crippen LogP contribution in [0.1, 0.15) is 367 Å². The van der Waals surface area contributed by atoms with Crippen molar-refractivity contribution in [2.24, 2.45) is 0 Å². The number of unbranched alkanes of at least 4 members (excludes halogenated alkanes) is 49. The molecule has 6 heteroatoms. The highest BCUT2D eigenvalue weighted by Gasteiger charge is 2.20. The number of nitrogens with one attached hydrogen (secondary N) is 1. The second-order valence-corrected chi connectivity index (χ2v) is 22.1. The van der Waals surface area contributed by atoms with Gasteiger partial charge < -0.3 is 20.3 Å². The molecule has 69 heavy (non-hydrogen) atoms. The van der Waals surface area contributed by atoms with Gasteiger partial charge in [0.1, 0.15) is 0 Å². The molecule has 0 aromatic rings. The first kappa shape index (κ1) is 67.9. The van der Waals surface area contributed by atoms with Crippen molar-refractivity contribution in [1.29, 1.82) is 0 Å². The molecule has 0 aliphatic carbocycles. The smallest absolute Gasteiger partial charge is 0.305 e. The third kappa shape index (κ3) is 56.0. The van der Waals surface area contributed by atoms with Crippen LogP contribution in [0.25, 0.3) is 0 Å². The van der Waals surface area contributed by atoms with Gasteiger partial charge in [-0.3, -0.25) is 9.59 Å². The van der Waals surface area contributed by atoms with Gasteiger partial charge in [-0.1, -0.05) is 328 Å². The molecule has 6 nitrogen and oxygen atoms in total. The number of hydrogen-bond donors (Lipinski definition) is 3. The molecule has 0 spiro atoms. The zero-order valence-corrected chi connectivity index (χ0v) is 47.1. The molecule has 0 aliphatic rings. The third-order valence-corrected chi connectivity index (χ3v) is 15.2. The predicted molar refractivity (Wildman–Crippen MR) is 301 cm³/mol. The molecule has 0 heterocycles. The zero-order valence-electron chi connectivity index (χ0n) is 47.1. The van der Waals surface area contributed by atoms with E-state index >= 15 is 0 Å². The minimum atomic E-state index is -0.658. The molecule has 2 unspecified atom stereocenters. The van der Waals surface area contributed by atoms with Gasteiger partial charge in [0, 0.05) is 12.8 Å². The van der Waals surface area contributed by atoms with E-state index in [-0.39, 0.29) is 18.5 Å². The number of carbonyl (C=O) groups is 2. The average Bonchev–Trinajstić information content (AvgIpc) is 3.35. The minimum absolute atomic E-state index is 0.0225. The summed E-state index contributed by atoms with van der Waals surface area (Å²) in [5.74, 6) is -0.00935. The maximum absolute atomic E-state index is 12.4. The number of aliphatic hydroxyl groups is 2. The molecule has 0 aromatic carbocycles. The maximum atomic E-state index is 12.4. The molecule has 1 amide bonds. The van der Waals surface area contributed by atoms with Crippen molar-refractivity contribution in [3.8, 4) is 0 Å². The Hall–Kier alpha value is -1.14. The number of hydrogen-bond acceptors (Lipinski definition) is 5. The van der Waals surface area contributed by atoms with Crippen LogP contribution in [0.2, 0.25) is 0 Å². The molecule has 0 saturated heterocycles. The lowest BCUT2D eigenvalue weighted by atomic mass is 10.0. The first-order chi connectivity index (χ1) is 34.0. The highest BCUT2D eigenvalue weighted by molar-refractivity contribution is 5.76. The van der Waals surface area contributed by atoms with Gasteiger partial charge in [-0.25, -0.2) is 0 Å². The Morgan fingerprint density at radius 1 is 0.348 bits per heavy atom. The van der Waals surface area contributed by atoms with Gasteiger partial charge in [-0.15, -0.1) is 0 Å². The summed E-state index contributed by atoms with van der Waals surface area (Å²) >= 11 is 0. The fraction of sp³-hybridized carbons (Fsp3) is 0.968. The molecule has 2 atom stereocenters. The first-order valence-electron chi connectivity index (χ1n) is 31.8. The van der Waals surface area contributed by atoms with Crippen LogP contribution in [0.4, 0.5) is 0 Å². The van der Waals surface area contributed by atoms with Crippen LogP contribution < -0.4 is 5.32 Å². The van der Waals surface area contributed by atoms with Gasteiger partial charge in [0.15, 0.2) is 0 Å². The van der Waals surface area contributed by atoms with Crippen LogP contribution >= 0.6 is 0 Å². The van der Waals surface area contributed by atoms with E-state index in [1.807, 2.05) is 0 Å². The number of rotatable bonds is 60. The van der Waals surface area contributed by atoms with Crippen LogP contribution in [0.3, 0.4) is 0 Å². The van der Waals surface area contributed by atoms with Crippen molar-refractivity contribution >= 4 is 11.9 Å². The Balaban J connectivity index is 3.28. The standard InChI is InChI=1S/C63H125NO5/c1-3-5-7-9-11-13-14-15-34-37-41-45-49-53-57-63(68)69-58-54-50-46-42-38-35-32-30-28-26-24-22-20-18-16-17-19-21-23-25-27-29-31-33-36-40-44-48-52-56-62(67)64-60(59-65)61(66)55-51-47-43-39-12-10-8-6-4-2/h60-61,65-66H,3-59H2,1-2H3,(H,64,67). The molecule has 0 rings (SSSR count). The molecular weight excluding hydrogens is 851 g/mol. The second kappa shape index (κ2) is 59.4. The van der Waals surface area contributed by atoms with E-state index in [1.165, 1.54) is 295 Å². The SMILES string of the molecule is CCCCCCCCCCCCCCCCC(=O)OCCCCCCCCCCCCCCCCCCCCCCCCCCCCCCCC(=O)NC(CO)C(O)CCCCCCCCCCC. The van der Waals surface area contributed by atoms with E-state index in [0.717, 1.165) is 38.5 Å². The molecule has 0 fully saturated rings. The highest BCUT2D eigenvalue weighted by Crippen LogP contribution is 2.19. The topological polar surface area (TPSA) is 95.9 Å². The van der Waals surface area contributed by atoms with Crippen molar-refractivity contribution in [2.45, 2.75) is 379 Å². The molecule has 0 aromatic heterocycles. The normalized spacial score (nSPS) is 12.5. The van der Waals surface area contributed by atoms with Crippen molar-refractivity contribution in [3.05, 3.63) is 0 Å². The molecule has 0 aliphatic heterocycles. The summed E-state index contributed by atoms with van der Waals surface area (Å²) in [5, 5.41) is 23.1. The summed E-state index contributed by atoms with van der Waals surface area (Å²) in [6.45, 7) is 4.96. The highest BCUT2D eigenvalue weighted by atomic mass is 16.5. The van der Waals surface area contributed by atoms with Crippen LogP contribution in [-0.4, -0.2) is 47.4 Å². The van der Waals surface area contributed by atoms with Crippen LogP contribution in [0.5, 0.6) is 0 Å². The number of amides is 1. The number of aliphatic hydroxyl groups excluding tert-OH is 2. The van der Waals surface area contributed by atoms with Crippen molar-refractivity contribution in [2.75, 3.05) is 13.2 Å². The summed E-state index contributed by atoms with van der Waals surface area (Å²) in [4.78, 5) is 24.5. The van der Waals surface area contributed by atoms with Gasteiger partial charge in [0.25, 0.3) is 0 Å². The van der Waals surface area contributed by atoms with Crippen LogP contribution in [-0.2, 0) is 14.3 Å². The second-order valence-electron chi connectivity index (χ2n) is 22.1. The molecule has 0 bridgehead atoms. The average molecular weight is 977 g/mol. The summed E-state index contributed by atoms with van der Waals surface area (Å²) in [7, 11) is 0. The van der Waals surface area contributed by atoms with Crippen molar-refractivity contribution < 1.29 is 24.5 Å². The van der Waals surface area contributed by atoms with E-state index in [4.69, 9.17) is 4.74 Å². The van der Waals surface area contributed by atoms with Gasteiger partial charge >= 0.3 is 5.97 Å². The Morgan fingerprint density at radius 3 is 0.884 bits per heavy atom. The van der Waals surface area contributed by atoms with Crippen molar-refractivity contribution in [3.63, 3.8) is 0 Å². The molecule has 412 valence electrons. The van der Waals surface area contributed by atoms with Crippen LogP contribution in [0, 0.1) is 0 Å². The summed E-state index contributed by atoms with van der Waals surface area (Å²) < 4.78 is 5.49. The first-order valence-corrected chi connectivity index (χ1v) is 31.8. The number of carbonyl (C=O) groups excluding carboxylic acids is 2. The largest absolute Gasteiger partial charge is 0.466 e. The fourth-order valence-electron chi connectivity index (χ4n) is 10.3. The number of esters is 1. The lowest BCUT2D eigenvalue weighted by molar-refractivity contribution is -0.143. The van der Waals surface area contributed by atoms with E-state index in [1.54, 1.807) is 0 Å². The molecular formula is C63H125NO5. The predicted octanol–water partition coefficient (Wildman–Crippen LogP) is 19.9. The van der Waals surface area contributed by atoms with Crippen molar-refractivity contribution in [1.82, 2.24) is 5.32 Å². The zero-order chi connectivity index (χ0) is 50.0. The van der Waals surface area contributed by atoms with Gasteiger partial charge in [-0.05, 0) is 25.7 Å². The Labute approximate surface area is 432 Å². The molecule has 0 radical (unpaired) electrons. The molecule has 3 N–H and O–H groups in total. The van der Waals surface area contributed by atoms with Gasteiger partial charge in [0.05, 0.1) is 25.4 Å². The van der Waals surface area contributed by atoms with Gasteiger partial charge in [-0.2, -0.15) is 0 Å². The fourth-order valence-corrected chi connectivity index (χ4v) is 10.3. The third-order valence-electron chi connectivity index (χ3n) is 15.2. The lowest BCUT2D eigenvalue weighted by Gasteiger charge is -2.22. The minimum Gasteiger partial charge on any atom is -0.466 e. The maximum Gasteiger partial charge on any atom is 0.305 e. The monoisotopic (exact) mass is 976 g/mol. The quantitative estimate of drug-likeness (QED) is 0.0417. The Morgan fingerprint density at radius 2 is 0.594 bits per heavy atom. The lowest BCUT2D eigenvalue weighted by Crippen LogP contribution is -2.45. The summed E-state index contributed by atoms with van der Waals surface area (Å²) in [6, 6.07) is -0.535. The summed E-state index contributed by atoms with van der Waals surface area (Å²) in [5.41, 5.74) is 0. The van der Waals surface area contributed by atoms with E-state index in [2.05, 4.69) is 19.2 Å². The Bertz CT molecular complexity index is 990.